The highest BCUT2D eigenvalue weighted by atomic mass is 14.1. The van der Waals surface area contributed by atoms with E-state index >= 15 is 0 Å². The van der Waals surface area contributed by atoms with Gasteiger partial charge in [-0.25, -0.2) is 0 Å². The summed E-state index contributed by atoms with van der Waals surface area (Å²) in [5, 5.41) is 2.62. The van der Waals surface area contributed by atoms with Crippen LogP contribution in [0.25, 0.3) is 33.0 Å². The first-order valence-corrected chi connectivity index (χ1v) is 10.1. The van der Waals surface area contributed by atoms with Crippen molar-refractivity contribution in [3.05, 3.63) is 109 Å². The lowest BCUT2D eigenvalue weighted by molar-refractivity contribution is 1.00. The molecule has 0 nitrogen and oxygen atoms in total. The summed E-state index contributed by atoms with van der Waals surface area (Å²) >= 11 is 0. The average Bonchev–Trinajstić information content (AvgIpc) is 2.77. The van der Waals surface area contributed by atoms with Gasteiger partial charge in [0.2, 0.25) is 0 Å². The lowest BCUT2D eigenvalue weighted by atomic mass is 9.97. The van der Waals surface area contributed by atoms with Crippen LogP contribution in [0, 0.1) is 0 Å². The SMILES string of the molecule is C=CCCc1ccc(-c2ccc(-c3ccc4cc(CC)ccc4c3)cc2)cc1. The smallest absolute Gasteiger partial charge is 0.0178 e. The van der Waals surface area contributed by atoms with Crippen LogP contribution >= 0.6 is 0 Å². The van der Waals surface area contributed by atoms with Gasteiger partial charge in [-0.15, -0.1) is 6.58 Å². The van der Waals surface area contributed by atoms with E-state index in [0.717, 1.165) is 19.3 Å². The third-order valence-electron chi connectivity index (χ3n) is 5.46. The molecular formula is C28H26. The zero-order chi connectivity index (χ0) is 19.3. The van der Waals surface area contributed by atoms with Crippen molar-refractivity contribution in [3.8, 4) is 22.3 Å². The molecule has 0 heterocycles. The third-order valence-corrected chi connectivity index (χ3v) is 5.46. The van der Waals surface area contributed by atoms with Crippen LogP contribution in [0.1, 0.15) is 24.5 Å². The van der Waals surface area contributed by atoms with Crippen molar-refractivity contribution in [1.29, 1.82) is 0 Å². The summed E-state index contributed by atoms with van der Waals surface area (Å²) in [6.07, 6.45) is 5.14. The Hall–Kier alpha value is -3.12. The Kier molecular flexibility index (Phi) is 5.39. The molecule has 0 amide bonds. The van der Waals surface area contributed by atoms with Crippen molar-refractivity contribution in [1.82, 2.24) is 0 Å². The molecule has 0 saturated heterocycles. The molecule has 0 aliphatic carbocycles. The summed E-state index contributed by atoms with van der Waals surface area (Å²) in [5.74, 6) is 0. The van der Waals surface area contributed by atoms with Gasteiger partial charge in [-0.3, -0.25) is 0 Å². The largest absolute Gasteiger partial charge is 0.103 e. The van der Waals surface area contributed by atoms with Gasteiger partial charge in [-0.2, -0.15) is 0 Å². The molecule has 0 saturated carbocycles. The number of allylic oxidation sites excluding steroid dienone is 1. The highest BCUT2D eigenvalue weighted by molar-refractivity contribution is 5.88. The molecule has 0 fully saturated rings. The topological polar surface area (TPSA) is 0 Å². The van der Waals surface area contributed by atoms with Crippen molar-refractivity contribution in [2.24, 2.45) is 0 Å². The predicted octanol–water partition coefficient (Wildman–Crippen LogP) is 7.85. The molecule has 0 N–H and O–H groups in total. The first-order valence-electron chi connectivity index (χ1n) is 10.1. The van der Waals surface area contributed by atoms with E-state index in [2.05, 4.69) is 98.4 Å². The summed E-state index contributed by atoms with van der Waals surface area (Å²) in [5.41, 5.74) is 7.80. The van der Waals surface area contributed by atoms with E-state index in [-0.39, 0.29) is 0 Å². The van der Waals surface area contributed by atoms with Crippen molar-refractivity contribution < 1.29 is 0 Å². The number of aryl methyl sites for hydroxylation is 2. The quantitative estimate of drug-likeness (QED) is 0.306. The van der Waals surface area contributed by atoms with E-state index in [1.54, 1.807) is 0 Å². The Balaban J connectivity index is 1.57. The van der Waals surface area contributed by atoms with Crippen LogP contribution in [-0.2, 0) is 12.8 Å². The van der Waals surface area contributed by atoms with E-state index in [4.69, 9.17) is 0 Å². The first kappa shape index (κ1) is 18.3. The molecular weight excluding hydrogens is 336 g/mol. The highest BCUT2D eigenvalue weighted by Gasteiger charge is 2.03. The Morgan fingerprint density at radius 3 is 1.75 bits per heavy atom. The van der Waals surface area contributed by atoms with E-state index < -0.39 is 0 Å². The minimum atomic E-state index is 1.03. The fraction of sp³-hybridized carbons (Fsp3) is 0.143. The van der Waals surface area contributed by atoms with Crippen LogP contribution < -0.4 is 0 Å². The molecule has 0 radical (unpaired) electrons. The number of hydrogen-bond acceptors (Lipinski definition) is 0. The van der Waals surface area contributed by atoms with Gasteiger partial charge in [0.1, 0.15) is 0 Å². The number of hydrogen-bond donors (Lipinski definition) is 0. The van der Waals surface area contributed by atoms with Crippen molar-refractivity contribution in [2.75, 3.05) is 0 Å². The minimum Gasteiger partial charge on any atom is -0.103 e. The van der Waals surface area contributed by atoms with Crippen molar-refractivity contribution >= 4 is 10.8 Å². The van der Waals surface area contributed by atoms with E-state index in [9.17, 15) is 0 Å². The Morgan fingerprint density at radius 1 is 0.607 bits per heavy atom. The summed E-state index contributed by atoms with van der Waals surface area (Å²) in [7, 11) is 0. The van der Waals surface area contributed by atoms with Crippen molar-refractivity contribution in [3.63, 3.8) is 0 Å². The number of benzene rings is 4. The molecule has 0 aliphatic rings. The zero-order valence-corrected chi connectivity index (χ0v) is 16.5. The molecule has 28 heavy (non-hydrogen) atoms. The third kappa shape index (κ3) is 3.92. The first-order chi connectivity index (χ1) is 13.8. The van der Waals surface area contributed by atoms with Crippen LogP contribution in [0.4, 0.5) is 0 Å². The molecule has 0 aromatic heterocycles. The van der Waals surface area contributed by atoms with Crippen LogP contribution in [-0.4, -0.2) is 0 Å². The molecule has 0 atom stereocenters. The molecule has 0 heteroatoms. The molecule has 4 aromatic carbocycles. The van der Waals surface area contributed by atoms with E-state index in [0.29, 0.717) is 0 Å². The van der Waals surface area contributed by atoms with Gasteiger partial charge in [0, 0.05) is 0 Å². The summed E-state index contributed by atoms with van der Waals surface area (Å²) in [6.45, 7) is 6.00. The molecule has 0 spiro atoms. The lowest BCUT2D eigenvalue weighted by Gasteiger charge is -2.08. The number of rotatable bonds is 6. The molecule has 4 aromatic rings. The maximum atomic E-state index is 3.80. The average molecular weight is 363 g/mol. The van der Waals surface area contributed by atoms with E-state index in [1.165, 1.54) is 44.2 Å². The van der Waals surface area contributed by atoms with Crippen LogP contribution in [0.15, 0.2) is 97.6 Å². The highest BCUT2D eigenvalue weighted by Crippen LogP contribution is 2.28. The van der Waals surface area contributed by atoms with Gasteiger partial charge in [0.15, 0.2) is 0 Å². The summed E-state index contributed by atoms with van der Waals surface area (Å²) < 4.78 is 0. The van der Waals surface area contributed by atoms with Gasteiger partial charge in [-0.1, -0.05) is 91.9 Å². The van der Waals surface area contributed by atoms with Crippen LogP contribution in [0.2, 0.25) is 0 Å². The standard InChI is InChI=1S/C28H26/c1-3-5-6-22-8-10-23(11-9-22)24-13-15-25(16-14-24)27-18-17-26-19-21(4-2)7-12-28(26)20-27/h3,7-20H,1,4-6H2,2H3. The Labute approximate surface area is 168 Å². The molecule has 0 aliphatic heterocycles. The summed E-state index contributed by atoms with van der Waals surface area (Å²) in [4.78, 5) is 0. The second-order valence-electron chi connectivity index (χ2n) is 7.35. The predicted molar refractivity (Wildman–Crippen MR) is 123 cm³/mol. The van der Waals surface area contributed by atoms with Gasteiger partial charge in [-0.05, 0) is 69.5 Å². The zero-order valence-electron chi connectivity index (χ0n) is 16.5. The second-order valence-corrected chi connectivity index (χ2v) is 7.35. The molecule has 0 unspecified atom stereocenters. The molecule has 4 rings (SSSR count). The van der Waals surface area contributed by atoms with Crippen LogP contribution in [0.3, 0.4) is 0 Å². The van der Waals surface area contributed by atoms with Gasteiger partial charge in [0.05, 0.1) is 0 Å². The lowest BCUT2D eigenvalue weighted by Crippen LogP contribution is -1.85. The summed E-state index contributed by atoms with van der Waals surface area (Å²) in [6, 6.07) is 31.3. The minimum absolute atomic E-state index is 1.03. The molecule has 0 bridgehead atoms. The number of fused-ring (bicyclic) bond motifs is 1. The Morgan fingerprint density at radius 2 is 1.11 bits per heavy atom. The fourth-order valence-corrected chi connectivity index (χ4v) is 3.68. The molecule has 138 valence electrons. The van der Waals surface area contributed by atoms with Gasteiger partial charge < -0.3 is 0 Å². The normalized spacial score (nSPS) is 10.9. The second kappa shape index (κ2) is 8.27. The van der Waals surface area contributed by atoms with Crippen LogP contribution in [0.5, 0.6) is 0 Å². The van der Waals surface area contributed by atoms with E-state index in [1.807, 2.05) is 6.08 Å². The van der Waals surface area contributed by atoms with Crippen molar-refractivity contribution in [2.45, 2.75) is 26.2 Å². The fourth-order valence-electron chi connectivity index (χ4n) is 3.68. The Bertz CT molecular complexity index is 1080. The van der Waals surface area contributed by atoms with Gasteiger partial charge in [0.25, 0.3) is 0 Å². The monoisotopic (exact) mass is 362 g/mol. The maximum absolute atomic E-state index is 3.80. The maximum Gasteiger partial charge on any atom is -0.0178 e. The van der Waals surface area contributed by atoms with Gasteiger partial charge >= 0.3 is 0 Å².